The lowest BCUT2D eigenvalue weighted by molar-refractivity contribution is 0.0870. The fraction of sp³-hybridized carbons (Fsp3) is 0.714. The van der Waals surface area contributed by atoms with Crippen molar-refractivity contribution in [3.05, 3.63) is 24.2 Å². The van der Waals surface area contributed by atoms with Gasteiger partial charge in [0.05, 0.1) is 18.6 Å². The van der Waals surface area contributed by atoms with E-state index in [1.54, 1.807) is 6.26 Å². The van der Waals surface area contributed by atoms with E-state index in [1.807, 2.05) is 13.3 Å². The van der Waals surface area contributed by atoms with E-state index < -0.39 is 0 Å². The first kappa shape index (κ1) is 12.7. The first-order valence-corrected chi connectivity index (χ1v) is 6.66. The smallest absolute Gasteiger partial charge is 0.0951 e. The molecule has 2 unspecified atom stereocenters. The number of likely N-dealkylation sites (N-methyl/N-ethyl adjacent to an activating group) is 1. The molecule has 1 aromatic rings. The van der Waals surface area contributed by atoms with E-state index in [0.717, 1.165) is 6.42 Å². The molecule has 0 aliphatic carbocycles. The Hall–Kier alpha value is -0.800. The fourth-order valence-electron chi connectivity index (χ4n) is 3.11. The third kappa shape index (κ3) is 2.26. The van der Waals surface area contributed by atoms with Crippen LogP contribution in [0.3, 0.4) is 0 Å². The highest BCUT2D eigenvalue weighted by Crippen LogP contribution is 2.36. The Kier molecular flexibility index (Phi) is 3.89. The van der Waals surface area contributed by atoms with Gasteiger partial charge >= 0.3 is 0 Å². The fourth-order valence-corrected chi connectivity index (χ4v) is 3.11. The SMILES string of the molecule is CCC(C)(C(NC)c1ccoc1)N1CCCC1. The van der Waals surface area contributed by atoms with Gasteiger partial charge in [0.2, 0.25) is 0 Å². The van der Waals surface area contributed by atoms with E-state index in [-0.39, 0.29) is 5.54 Å². The van der Waals surface area contributed by atoms with Gasteiger partial charge in [-0.2, -0.15) is 0 Å². The van der Waals surface area contributed by atoms with Crippen LogP contribution in [-0.4, -0.2) is 30.6 Å². The topological polar surface area (TPSA) is 28.4 Å². The number of hydrogen-bond acceptors (Lipinski definition) is 3. The van der Waals surface area contributed by atoms with Crippen molar-refractivity contribution in [2.24, 2.45) is 0 Å². The zero-order valence-corrected chi connectivity index (χ0v) is 11.2. The summed E-state index contributed by atoms with van der Waals surface area (Å²) in [5.74, 6) is 0. The van der Waals surface area contributed by atoms with E-state index in [0.29, 0.717) is 6.04 Å². The molecule has 0 radical (unpaired) electrons. The number of furan rings is 1. The summed E-state index contributed by atoms with van der Waals surface area (Å²) in [6, 6.07) is 2.41. The van der Waals surface area contributed by atoms with Gasteiger partial charge in [0.1, 0.15) is 0 Å². The van der Waals surface area contributed by atoms with Gasteiger partial charge in [-0.3, -0.25) is 4.90 Å². The number of likely N-dealkylation sites (tertiary alicyclic amines) is 1. The maximum atomic E-state index is 5.24. The Labute approximate surface area is 104 Å². The van der Waals surface area contributed by atoms with Crippen molar-refractivity contribution in [1.82, 2.24) is 10.2 Å². The van der Waals surface area contributed by atoms with E-state index in [9.17, 15) is 0 Å². The molecule has 0 bridgehead atoms. The maximum absolute atomic E-state index is 5.24. The molecule has 2 heterocycles. The number of nitrogens with zero attached hydrogens (tertiary/aromatic N) is 1. The third-order valence-electron chi connectivity index (χ3n) is 4.33. The summed E-state index contributed by atoms with van der Waals surface area (Å²) in [4.78, 5) is 2.63. The predicted octanol–water partition coefficient (Wildman–Crippen LogP) is 2.80. The summed E-state index contributed by atoms with van der Waals surface area (Å²) < 4.78 is 5.24. The predicted molar refractivity (Wildman–Crippen MR) is 70.0 cm³/mol. The highest BCUT2D eigenvalue weighted by Gasteiger charge is 2.39. The average Bonchev–Trinajstić information content (AvgIpc) is 3.02. The average molecular weight is 236 g/mol. The normalized spacial score (nSPS) is 22.5. The minimum absolute atomic E-state index is 0.176. The second-order valence-electron chi connectivity index (χ2n) is 5.18. The molecular weight excluding hydrogens is 212 g/mol. The number of hydrogen-bond donors (Lipinski definition) is 1. The highest BCUT2D eigenvalue weighted by atomic mass is 16.3. The van der Waals surface area contributed by atoms with Crippen LogP contribution in [0.4, 0.5) is 0 Å². The van der Waals surface area contributed by atoms with Gasteiger partial charge in [-0.25, -0.2) is 0 Å². The van der Waals surface area contributed by atoms with Crippen LogP contribution >= 0.6 is 0 Å². The van der Waals surface area contributed by atoms with Gasteiger partial charge in [-0.15, -0.1) is 0 Å². The van der Waals surface area contributed by atoms with Crippen molar-refractivity contribution >= 4 is 0 Å². The summed E-state index contributed by atoms with van der Waals surface area (Å²) in [5, 5.41) is 3.47. The summed E-state index contributed by atoms with van der Waals surface area (Å²) in [6.45, 7) is 7.09. The molecule has 3 nitrogen and oxygen atoms in total. The van der Waals surface area contributed by atoms with Crippen molar-refractivity contribution in [3.63, 3.8) is 0 Å². The second kappa shape index (κ2) is 5.23. The highest BCUT2D eigenvalue weighted by molar-refractivity contribution is 5.18. The van der Waals surface area contributed by atoms with Gasteiger partial charge < -0.3 is 9.73 Å². The maximum Gasteiger partial charge on any atom is 0.0951 e. The van der Waals surface area contributed by atoms with Crippen LogP contribution in [0.15, 0.2) is 23.0 Å². The molecule has 1 aliphatic rings. The van der Waals surface area contributed by atoms with Gasteiger partial charge in [0.15, 0.2) is 0 Å². The Morgan fingerprint density at radius 1 is 1.47 bits per heavy atom. The third-order valence-corrected chi connectivity index (χ3v) is 4.33. The van der Waals surface area contributed by atoms with Gasteiger partial charge in [0, 0.05) is 11.1 Å². The van der Waals surface area contributed by atoms with E-state index in [2.05, 4.69) is 30.1 Å². The largest absolute Gasteiger partial charge is 0.472 e. The summed E-state index contributed by atoms with van der Waals surface area (Å²) in [7, 11) is 2.04. The van der Waals surface area contributed by atoms with Crippen LogP contribution in [0.2, 0.25) is 0 Å². The molecule has 1 saturated heterocycles. The van der Waals surface area contributed by atoms with Crippen LogP contribution < -0.4 is 5.32 Å². The molecule has 1 N–H and O–H groups in total. The molecule has 0 aromatic carbocycles. The first-order chi connectivity index (χ1) is 8.22. The van der Waals surface area contributed by atoms with Gasteiger partial charge in [-0.05, 0) is 52.4 Å². The molecule has 2 rings (SSSR count). The van der Waals surface area contributed by atoms with Crippen LogP contribution in [0.25, 0.3) is 0 Å². The van der Waals surface area contributed by atoms with Crippen molar-refractivity contribution in [1.29, 1.82) is 0 Å². The van der Waals surface area contributed by atoms with Crippen molar-refractivity contribution in [3.8, 4) is 0 Å². The molecule has 1 aromatic heterocycles. The summed E-state index contributed by atoms with van der Waals surface area (Å²) in [6.07, 6.45) is 7.43. The molecule has 3 heteroatoms. The summed E-state index contributed by atoms with van der Waals surface area (Å²) >= 11 is 0. The molecule has 0 saturated carbocycles. The molecule has 2 atom stereocenters. The monoisotopic (exact) mass is 236 g/mol. The Balaban J connectivity index is 2.25. The molecule has 1 fully saturated rings. The minimum Gasteiger partial charge on any atom is -0.472 e. The lowest BCUT2D eigenvalue weighted by Crippen LogP contribution is -2.52. The first-order valence-electron chi connectivity index (χ1n) is 6.66. The van der Waals surface area contributed by atoms with Crippen molar-refractivity contribution < 1.29 is 4.42 Å². The van der Waals surface area contributed by atoms with Gasteiger partial charge in [0.25, 0.3) is 0 Å². The van der Waals surface area contributed by atoms with Crippen molar-refractivity contribution in [2.45, 2.75) is 44.7 Å². The van der Waals surface area contributed by atoms with Crippen LogP contribution in [-0.2, 0) is 0 Å². The molecule has 1 aliphatic heterocycles. The quantitative estimate of drug-likeness (QED) is 0.852. The van der Waals surface area contributed by atoms with Crippen molar-refractivity contribution in [2.75, 3.05) is 20.1 Å². The Bertz CT molecular complexity index is 330. The molecule has 17 heavy (non-hydrogen) atoms. The van der Waals surface area contributed by atoms with Crippen LogP contribution in [0.5, 0.6) is 0 Å². The second-order valence-corrected chi connectivity index (χ2v) is 5.18. The van der Waals surface area contributed by atoms with Gasteiger partial charge in [-0.1, -0.05) is 6.92 Å². The molecular formula is C14H24N2O. The molecule has 96 valence electrons. The van der Waals surface area contributed by atoms with E-state index in [1.165, 1.54) is 31.5 Å². The Morgan fingerprint density at radius 2 is 2.18 bits per heavy atom. The van der Waals surface area contributed by atoms with E-state index >= 15 is 0 Å². The zero-order chi connectivity index (χ0) is 12.3. The van der Waals surface area contributed by atoms with E-state index in [4.69, 9.17) is 4.42 Å². The number of rotatable bonds is 5. The minimum atomic E-state index is 0.176. The van der Waals surface area contributed by atoms with Crippen LogP contribution in [0.1, 0.15) is 44.7 Å². The lowest BCUT2D eigenvalue weighted by Gasteiger charge is -2.44. The molecule has 0 amide bonds. The lowest BCUT2D eigenvalue weighted by atomic mass is 9.84. The van der Waals surface area contributed by atoms with Crippen LogP contribution in [0, 0.1) is 0 Å². The molecule has 0 spiro atoms. The number of nitrogens with one attached hydrogen (secondary N) is 1. The Morgan fingerprint density at radius 3 is 2.65 bits per heavy atom. The zero-order valence-electron chi connectivity index (χ0n) is 11.2. The summed E-state index contributed by atoms with van der Waals surface area (Å²) in [5.41, 5.74) is 1.43. The standard InChI is InChI=1S/C14H24N2O/c1-4-14(2,16-8-5-6-9-16)13(15-3)12-7-10-17-11-12/h7,10-11,13,15H,4-6,8-9H2,1-3H3.